The number of amides is 1. The summed E-state index contributed by atoms with van der Waals surface area (Å²) < 4.78 is 42.2. The molecule has 1 atom stereocenters. The molecule has 0 heterocycles. The lowest BCUT2D eigenvalue weighted by molar-refractivity contribution is -0.144. The van der Waals surface area contributed by atoms with Crippen molar-refractivity contribution in [2.45, 2.75) is 25.1 Å². The molecule has 7 heteroatoms. The lowest BCUT2D eigenvalue weighted by Crippen LogP contribution is -2.42. The summed E-state index contributed by atoms with van der Waals surface area (Å²) in [5.74, 6) is 0.884. The van der Waals surface area contributed by atoms with Gasteiger partial charge in [0.1, 0.15) is 6.04 Å². The molecule has 0 aliphatic carbocycles. The highest BCUT2D eigenvalue weighted by Crippen LogP contribution is 2.29. The van der Waals surface area contributed by atoms with Gasteiger partial charge < -0.3 is 10.1 Å². The van der Waals surface area contributed by atoms with Crippen molar-refractivity contribution in [3.05, 3.63) is 35.4 Å². The van der Waals surface area contributed by atoms with E-state index in [1.165, 1.54) is 12.1 Å². The SMILES string of the molecule is C#CC[C@H](NC(=O)Cc1cccc(C(F)(F)F)c1)C(=O)OC. The molecule has 118 valence electrons. The van der Waals surface area contributed by atoms with Crippen LogP contribution in [0.15, 0.2) is 24.3 Å². The summed E-state index contributed by atoms with van der Waals surface area (Å²) in [6.07, 6.45) is 0.230. The monoisotopic (exact) mass is 313 g/mol. The Balaban J connectivity index is 2.76. The van der Waals surface area contributed by atoms with E-state index in [1.54, 1.807) is 0 Å². The number of carbonyl (C=O) groups is 2. The molecule has 0 saturated heterocycles. The smallest absolute Gasteiger partial charge is 0.416 e. The standard InChI is InChI=1S/C15H14F3NO3/c1-3-5-12(14(21)22-2)19-13(20)9-10-6-4-7-11(8-10)15(16,17)18/h1,4,6-8,12H,5,9H2,2H3,(H,19,20)/t12-/m0/s1. The molecule has 0 spiro atoms. The molecule has 1 aromatic carbocycles. The molecular formula is C15H14F3NO3. The van der Waals surface area contributed by atoms with Gasteiger partial charge in [0, 0.05) is 6.42 Å². The van der Waals surface area contributed by atoms with Crippen molar-refractivity contribution in [1.29, 1.82) is 0 Å². The number of carbonyl (C=O) groups excluding carboxylic acids is 2. The lowest BCUT2D eigenvalue weighted by Gasteiger charge is -2.14. The highest BCUT2D eigenvalue weighted by atomic mass is 19.4. The van der Waals surface area contributed by atoms with E-state index >= 15 is 0 Å². The van der Waals surface area contributed by atoms with Crippen molar-refractivity contribution in [3.63, 3.8) is 0 Å². The average molecular weight is 313 g/mol. The first kappa shape index (κ1) is 17.6. The van der Waals surface area contributed by atoms with Gasteiger partial charge in [-0.05, 0) is 11.6 Å². The predicted octanol–water partition coefficient (Wildman–Crippen LogP) is 1.93. The van der Waals surface area contributed by atoms with E-state index in [1.807, 2.05) is 0 Å². The zero-order valence-electron chi connectivity index (χ0n) is 11.7. The number of nitrogens with one attached hydrogen (secondary N) is 1. The van der Waals surface area contributed by atoms with Gasteiger partial charge in [0.25, 0.3) is 0 Å². The molecule has 4 nitrogen and oxygen atoms in total. The second kappa shape index (κ2) is 7.50. The van der Waals surface area contributed by atoms with Crippen LogP contribution in [-0.4, -0.2) is 25.0 Å². The van der Waals surface area contributed by atoms with Gasteiger partial charge in [-0.3, -0.25) is 4.79 Å². The van der Waals surface area contributed by atoms with Crippen LogP contribution in [0, 0.1) is 12.3 Å². The van der Waals surface area contributed by atoms with E-state index in [9.17, 15) is 22.8 Å². The van der Waals surface area contributed by atoms with Crippen molar-refractivity contribution in [1.82, 2.24) is 5.32 Å². The summed E-state index contributed by atoms with van der Waals surface area (Å²) in [5, 5.41) is 2.34. The molecule has 0 bridgehead atoms. The zero-order chi connectivity index (χ0) is 16.8. The lowest BCUT2D eigenvalue weighted by atomic mass is 10.1. The largest absolute Gasteiger partial charge is 0.467 e. The van der Waals surface area contributed by atoms with Gasteiger partial charge >= 0.3 is 12.1 Å². The molecule has 0 radical (unpaired) electrons. The number of hydrogen-bond acceptors (Lipinski definition) is 3. The van der Waals surface area contributed by atoms with Crippen LogP contribution in [0.1, 0.15) is 17.5 Å². The topological polar surface area (TPSA) is 55.4 Å². The summed E-state index contributed by atoms with van der Waals surface area (Å²) in [6.45, 7) is 0. The predicted molar refractivity (Wildman–Crippen MR) is 72.5 cm³/mol. The van der Waals surface area contributed by atoms with Gasteiger partial charge in [-0.1, -0.05) is 18.2 Å². The number of halogens is 3. The number of esters is 1. The minimum Gasteiger partial charge on any atom is -0.467 e. The Kier molecular flexibility index (Phi) is 5.99. The van der Waals surface area contributed by atoms with Crippen molar-refractivity contribution in [2.24, 2.45) is 0 Å². The molecule has 0 aliphatic rings. The van der Waals surface area contributed by atoms with Crippen LogP contribution in [0.2, 0.25) is 0 Å². The molecular weight excluding hydrogens is 299 g/mol. The fourth-order valence-electron chi connectivity index (χ4n) is 1.74. The van der Waals surface area contributed by atoms with Crippen molar-refractivity contribution in [3.8, 4) is 12.3 Å². The Labute approximate surface area is 125 Å². The maximum atomic E-state index is 12.6. The highest BCUT2D eigenvalue weighted by Gasteiger charge is 2.30. The van der Waals surface area contributed by atoms with E-state index < -0.39 is 29.7 Å². The summed E-state index contributed by atoms with van der Waals surface area (Å²) >= 11 is 0. The first-order valence-corrected chi connectivity index (χ1v) is 6.24. The third-order valence-electron chi connectivity index (χ3n) is 2.76. The number of terminal acetylenes is 1. The molecule has 1 N–H and O–H groups in total. The van der Waals surface area contributed by atoms with Crippen LogP contribution in [0.25, 0.3) is 0 Å². The Morgan fingerprint density at radius 2 is 2.09 bits per heavy atom. The first-order valence-electron chi connectivity index (χ1n) is 6.24. The minimum absolute atomic E-state index is 0.0684. The van der Waals surface area contributed by atoms with E-state index in [0.29, 0.717) is 0 Å². The van der Waals surface area contributed by atoms with Gasteiger partial charge in [-0.15, -0.1) is 12.3 Å². The van der Waals surface area contributed by atoms with Gasteiger partial charge in [0.05, 0.1) is 19.1 Å². The van der Waals surface area contributed by atoms with E-state index in [2.05, 4.69) is 16.0 Å². The Hall–Kier alpha value is -2.49. The number of ether oxygens (including phenoxy) is 1. The van der Waals surface area contributed by atoms with Crippen molar-refractivity contribution >= 4 is 11.9 Å². The quantitative estimate of drug-likeness (QED) is 0.667. The van der Waals surface area contributed by atoms with Crippen molar-refractivity contribution < 1.29 is 27.5 Å². The maximum absolute atomic E-state index is 12.6. The molecule has 0 aliphatic heterocycles. The van der Waals surface area contributed by atoms with Crippen LogP contribution in [-0.2, 0) is 26.9 Å². The number of methoxy groups -OCH3 is 1. The van der Waals surface area contributed by atoms with E-state index in [0.717, 1.165) is 19.2 Å². The molecule has 0 unspecified atom stereocenters. The Morgan fingerprint density at radius 1 is 1.41 bits per heavy atom. The van der Waals surface area contributed by atoms with Crippen LogP contribution in [0.3, 0.4) is 0 Å². The molecule has 0 saturated carbocycles. The molecule has 1 aromatic rings. The summed E-state index contributed by atoms with van der Waals surface area (Å²) in [7, 11) is 1.14. The normalized spacial score (nSPS) is 12.1. The number of benzene rings is 1. The summed E-state index contributed by atoms with van der Waals surface area (Å²) in [4.78, 5) is 23.2. The number of rotatable bonds is 5. The highest BCUT2D eigenvalue weighted by molar-refractivity contribution is 5.85. The third kappa shape index (κ3) is 5.13. The molecule has 1 amide bonds. The first-order chi connectivity index (χ1) is 10.3. The van der Waals surface area contributed by atoms with Crippen LogP contribution in [0.5, 0.6) is 0 Å². The van der Waals surface area contributed by atoms with Crippen LogP contribution >= 0.6 is 0 Å². The van der Waals surface area contributed by atoms with E-state index in [-0.39, 0.29) is 18.4 Å². The average Bonchev–Trinajstić information content (AvgIpc) is 2.45. The van der Waals surface area contributed by atoms with Crippen LogP contribution in [0.4, 0.5) is 13.2 Å². The van der Waals surface area contributed by atoms with Gasteiger partial charge in [0.15, 0.2) is 0 Å². The maximum Gasteiger partial charge on any atom is 0.416 e. The molecule has 0 fully saturated rings. The third-order valence-corrected chi connectivity index (χ3v) is 2.76. The summed E-state index contributed by atoms with van der Waals surface area (Å²) in [5.41, 5.74) is -0.664. The van der Waals surface area contributed by atoms with Crippen LogP contribution < -0.4 is 5.32 Å². The van der Waals surface area contributed by atoms with Gasteiger partial charge in [-0.2, -0.15) is 13.2 Å². The van der Waals surface area contributed by atoms with Gasteiger partial charge in [-0.25, -0.2) is 4.79 Å². The second-order valence-electron chi connectivity index (χ2n) is 4.43. The molecule has 1 rings (SSSR count). The summed E-state index contributed by atoms with van der Waals surface area (Å²) in [6, 6.07) is 3.38. The number of alkyl halides is 3. The van der Waals surface area contributed by atoms with E-state index in [4.69, 9.17) is 6.42 Å². The number of hydrogen-bond donors (Lipinski definition) is 1. The fourth-order valence-corrected chi connectivity index (χ4v) is 1.74. The fraction of sp³-hybridized carbons (Fsp3) is 0.333. The molecule has 22 heavy (non-hydrogen) atoms. The zero-order valence-corrected chi connectivity index (χ0v) is 11.7. The van der Waals surface area contributed by atoms with Gasteiger partial charge in [0.2, 0.25) is 5.91 Å². The minimum atomic E-state index is -4.48. The van der Waals surface area contributed by atoms with Crippen molar-refractivity contribution in [2.75, 3.05) is 7.11 Å². The Bertz CT molecular complexity index is 590. The molecule has 0 aromatic heterocycles. The second-order valence-corrected chi connectivity index (χ2v) is 4.43. The Morgan fingerprint density at radius 3 is 2.64 bits per heavy atom.